The van der Waals surface area contributed by atoms with Crippen LogP contribution in [-0.4, -0.2) is 91.5 Å². The number of hydrogen-bond acceptors (Lipinski definition) is 8. The Labute approximate surface area is 195 Å². The first kappa shape index (κ1) is 26.7. The molecule has 5 atom stereocenters. The molecule has 1 aromatic heterocycles. The molecular formula is C20H31N7O7. The molecule has 5 unspecified atom stereocenters. The van der Waals surface area contributed by atoms with Crippen molar-refractivity contribution in [1.82, 2.24) is 25.5 Å². The number of aromatic nitrogens is 2. The largest absolute Gasteiger partial charge is 0.480 e. The molecule has 0 saturated carbocycles. The zero-order valence-corrected chi connectivity index (χ0v) is 18.8. The molecule has 9 N–H and O–H groups in total. The molecule has 188 valence electrons. The van der Waals surface area contributed by atoms with Gasteiger partial charge in [0.1, 0.15) is 24.2 Å². The maximum Gasteiger partial charge on any atom is 0.326 e. The van der Waals surface area contributed by atoms with Crippen LogP contribution in [0.2, 0.25) is 0 Å². The van der Waals surface area contributed by atoms with E-state index < -0.39 is 59.9 Å². The van der Waals surface area contributed by atoms with Crippen LogP contribution >= 0.6 is 0 Å². The number of aliphatic carboxylic acids is 1. The highest BCUT2D eigenvalue weighted by Gasteiger charge is 2.39. The Bertz CT molecular complexity index is 890. The van der Waals surface area contributed by atoms with Crippen LogP contribution in [0.4, 0.5) is 0 Å². The van der Waals surface area contributed by atoms with Crippen molar-refractivity contribution < 1.29 is 34.2 Å². The van der Waals surface area contributed by atoms with Gasteiger partial charge in [-0.05, 0) is 26.2 Å². The Balaban J connectivity index is 2.13. The van der Waals surface area contributed by atoms with Gasteiger partial charge in [0, 0.05) is 31.3 Å². The van der Waals surface area contributed by atoms with Crippen molar-refractivity contribution in [2.24, 2.45) is 11.5 Å². The number of carbonyl (C=O) groups is 5. The number of aliphatic hydroxyl groups is 1. The number of nitrogens with zero attached hydrogens (tertiary/aromatic N) is 2. The fraction of sp³-hybridized carbons (Fsp3) is 0.600. The predicted octanol–water partition coefficient (Wildman–Crippen LogP) is -3.03. The van der Waals surface area contributed by atoms with Crippen molar-refractivity contribution in [3.05, 3.63) is 18.2 Å². The minimum absolute atomic E-state index is 0.0315. The van der Waals surface area contributed by atoms with E-state index in [0.29, 0.717) is 12.1 Å². The van der Waals surface area contributed by atoms with Gasteiger partial charge in [-0.1, -0.05) is 0 Å². The van der Waals surface area contributed by atoms with Gasteiger partial charge in [0.25, 0.3) is 0 Å². The average Bonchev–Trinajstić information content (AvgIpc) is 3.46. The summed E-state index contributed by atoms with van der Waals surface area (Å²) in [5.74, 6) is -4.03. The molecule has 1 aliphatic heterocycles. The van der Waals surface area contributed by atoms with Crippen molar-refractivity contribution in [3.8, 4) is 0 Å². The minimum Gasteiger partial charge on any atom is -0.480 e. The maximum absolute atomic E-state index is 13.2. The quantitative estimate of drug-likeness (QED) is 0.161. The fourth-order valence-electron chi connectivity index (χ4n) is 3.62. The normalized spacial score (nSPS) is 19.0. The van der Waals surface area contributed by atoms with E-state index in [1.165, 1.54) is 24.3 Å². The topological polar surface area (TPSA) is 234 Å². The lowest BCUT2D eigenvalue weighted by molar-refractivity contribution is -0.145. The number of H-pyrrole nitrogens is 1. The summed E-state index contributed by atoms with van der Waals surface area (Å²) in [4.78, 5) is 69.2. The van der Waals surface area contributed by atoms with E-state index in [0.717, 1.165) is 0 Å². The first-order valence-electron chi connectivity index (χ1n) is 10.8. The third kappa shape index (κ3) is 7.25. The number of likely N-dealkylation sites (tertiary alicyclic amines) is 1. The van der Waals surface area contributed by atoms with Crippen LogP contribution < -0.4 is 22.1 Å². The van der Waals surface area contributed by atoms with Crippen LogP contribution in [0.25, 0.3) is 0 Å². The highest BCUT2D eigenvalue weighted by Crippen LogP contribution is 2.20. The van der Waals surface area contributed by atoms with Crippen LogP contribution in [0.5, 0.6) is 0 Å². The van der Waals surface area contributed by atoms with Gasteiger partial charge in [0.05, 0.1) is 12.4 Å². The van der Waals surface area contributed by atoms with Gasteiger partial charge >= 0.3 is 5.97 Å². The van der Waals surface area contributed by atoms with Crippen molar-refractivity contribution in [2.45, 2.75) is 69.3 Å². The molecule has 34 heavy (non-hydrogen) atoms. The van der Waals surface area contributed by atoms with Crippen molar-refractivity contribution >= 4 is 29.6 Å². The lowest BCUT2D eigenvalue weighted by Gasteiger charge is -2.30. The summed E-state index contributed by atoms with van der Waals surface area (Å²) in [6.45, 7) is 1.51. The Morgan fingerprint density at radius 1 is 1.26 bits per heavy atom. The molecular weight excluding hydrogens is 450 g/mol. The third-order valence-corrected chi connectivity index (χ3v) is 5.55. The van der Waals surface area contributed by atoms with E-state index in [9.17, 15) is 34.2 Å². The molecule has 14 heteroatoms. The van der Waals surface area contributed by atoms with Gasteiger partial charge in [-0.15, -0.1) is 0 Å². The van der Waals surface area contributed by atoms with E-state index in [1.54, 1.807) is 0 Å². The number of imidazole rings is 1. The van der Waals surface area contributed by atoms with Crippen LogP contribution in [0.3, 0.4) is 0 Å². The Morgan fingerprint density at radius 2 is 1.97 bits per heavy atom. The van der Waals surface area contributed by atoms with E-state index >= 15 is 0 Å². The number of nitrogens with two attached hydrogens (primary N) is 2. The minimum atomic E-state index is -1.31. The summed E-state index contributed by atoms with van der Waals surface area (Å²) < 4.78 is 0. The standard InChI is InChI=1S/C20H31N7O7/c1-10(28)16(22)18(31)25-12(4-5-15(21)29)19(32)27-6-2-3-14(27)17(30)26-13(20(33)34)7-11-8-23-9-24-11/h8-10,12-14,16,28H,2-7,22H2,1H3,(H2,21,29)(H,23,24)(H,25,31)(H,26,30)(H,33,34). The zero-order chi connectivity index (χ0) is 25.4. The first-order valence-corrected chi connectivity index (χ1v) is 10.8. The monoisotopic (exact) mass is 481 g/mol. The summed E-state index contributed by atoms with van der Waals surface area (Å²) in [5, 5.41) is 23.9. The second-order valence-electron chi connectivity index (χ2n) is 8.20. The van der Waals surface area contributed by atoms with Crippen molar-refractivity contribution in [2.75, 3.05) is 6.54 Å². The summed E-state index contributed by atoms with van der Waals surface area (Å²) in [6.07, 6.45) is 2.04. The number of rotatable bonds is 12. The average molecular weight is 482 g/mol. The van der Waals surface area contributed by atoms with Gasteiger partial charge in [0.2, 0.25) is 23.6 Å². The Morgan fingerprint density at radius 3 is 2.53 bits per heavy atom. The van der Waals surface area contributed by atoms with Crippen LogP contribution in [-0.2, 0) is 30.4 Å². The molecule has 0 radical (unpaired) electrons. The van der Waals surface area contributed by atoms with Crippen LogP contribution in [0, 0.1) is 0 Å². The van der Waals surface area contributed by atoms with Gasteiger partial charge < -0.3 is 42.2 Å². The molecule has 2 rings (SSSR count). The molecule has 2 heterocycles. The highest BCUT2D eigenvalue weighted by molar-refractivity contribution is 5.94. The van der Waals surface area contributed by atoms with Crippen molar-refractivity contribution in [3.63, 3.8) is 0 Å². The lowest BCUT2D eigenvalue weighted by atomic mass is 10.1. The molecule has 0 aliphatic carbocycles. The maximum atomic E-state index is 13.2. The number of carboxylic acids is 1. The zero-order valence-electron chi connectivity index (χ0n) is 18.8. The van der Waals surface area contributed by atoms with Crippen molar-refractivity contribution in [1.29, 1.82) is 0 Å². The van der Waals surface area contributed by atoms with E-state index in [2.05, 4.69) is 20.6 Å². The van der Waals surface area contributed by atoms with Gasteiger partial charge in [-0.3, -0.25) is 19.2 Å². The second kappa shape index (κ2) is 12.1. The number of nitrogens with one attached hydrogen (secondary N) is 3. The molecule has 1 saturated heterocycles. The lowest BCUT2D eigenvalue weighted by Crippen LogP contribution is -2.58. The summed E-state index contributed by atoms with van der Waals surface area (Å²) in [7, 11) is 0. The predicted molar refractivity (Wildman–Crippen MR) is 117 cm³/mol. The number of carboxylic acid groups (broad SMARTS) is 1. The Hall–Kier alpha value is -3.52. The molecule has 0 aromatic carbocycles. The fourth-order valence-corrected chi connectivity index (χ4v) is 3.62. The van der Waals surface area contributed by atoms with Gasteiger partial charge in [0.15, 0.2) is 0 Å². The summed E-state index contributed by atoms with van der Waals surface area (Å²) in [6, 6.07) is -4.73. The van der Waals surface area contributed by atoms with Crippen LogP contribution in [0.1, 0.15) is 38.3 Å². The molecule has 14 nitrogen and oxygen atoms in total. The third-order valence-electron chi connectivity index (χ3n) is 5.55. The number of aromatic amines is 1. The SMILES string of the molecule is CC(O)C(N)C(=O)NC(CCC(N)=O)C(=O)N1CCCC1C(=O)NC(Cc1cnc[nH]1)C(=O)O. The molecule has 1 aromatic rings. The molecule has 0 bridgehead atoms. The van der Waals surface area contributed by atoms with E-state index in [1.807, 2.05) is 0 Å². The number of carbonyl (C=O) groups excluding carboxylic acids is 4. The van der Waals surface area contributed by atoms with E-state index in [4.69, 9.17) is 11.5 Å². The van der Waals surface area contributed by atoms with Gasteiger partial charge in [-0.25, -0.2) is 9.78 Å². The smallest absolute Gasteiger partial charge is 0.326 e. The summed E-state index contributed by atoms with van der Waals surface area (Å²) in [5.41, 5.74) is 11.3. The number of hydrogen-bond donors (Lipinski definition) is 7. The number of amides is 4. The molecule has 0 spiro atoms. The van der Waals surface area contributed by atoms with E-state index in [-0.39, 0.29) is 32.2 Å². The second-order valence-corrected chi connectivity index (χ2v) is 8.20. The molecule has 1 aliphatic rings. The van der Waals surface area contributed by atoms with Gasteiger partial charge in [-0.2, -0.15) is 0 Å². The number of aliphatic hydroxyl groups excluding tert-OH is 1. The number of primary amides is 1. The van der Waals surface area contributed by atoms with Crippen LogP contribution in [0.15, 0.2) is 12.5 Å². The Kier molecular flexibility index (Phi) is 9.50. The summed E-state index contributed by atoms with van der Waals surface area (Å²) >= 11 is 0. The first-order chi connectivity index (χ1) is 16.0. The highest BCUT2D eigenvalue weighted by atomic mass is 16.4. The molecule has 4 amide bonds. The molecule has 1 fully saturated rings.